The summed E-state index contributed by atoms with van der Waals surface area (Å²) in [6.07, 6.45) is 7.68. The number of unbranched alkanes of at least 4 members (excludes halogenated alkanes) is 2. The Morgan fingerprint density at radius 2 is 0.966 bits per heavy atom. The van der Waals surface area contributed by atoms with Crippen LogP contribution < -0.4 is 0 Å². The van der Waals surface area contributed by atoms with E-state index in [9.17, 15) is 19.2 Å². The molecule has 166 valence electrons. The van der Waals surface area contributed by atoms with Gasteiger partial charge < -0.3 is 20.4 Å². The molecule has 0 aromatic carbocycles. The van der Waals surface area contributed by atoms with E-state index in [4.69, 9.17) is 20.4 Å². The van der Waals surface area contributed by atoms with Crippen molar-refractivity contribution in [2.45, 2.75) is 75.1 Å². The molecule has 0 aromatic heterocycles. The van der Waals surface area contributed by atoms with E-state index in [0.717, 1.165) is 0 Å². The molecule has 0 heterocycles. The van der Waals surface area contributed by atoms with Crippen LogP contribution in [0, 0.1) is 0 Å². The maximum absolute atomic E-state index is 10.1. The number of hydrogen-bond donors (Lipinski definition) is 4. The second-order valence-electron chi connectivity index (χ2n) is 5.79. The number of rotatable bonds is 12. The first-order valence-corrected chi connectivity index (χ1v) is 13.6. The van der Waals surface area contributed by atoms with E-state index in [-0.39, 0.29) is 45.1 Å². The Hall–Kier alpha value is -1.84. The first-order chi connectivity index (χ1) is 13.6. The van der Waals surface area contributed by atoms with Crippen LogP contribution >= 0.6 is 0 Å². The average Bonchev–Trinajstić information content (AvgIpc) is 2.64. The van der Waals surface area contributed by atoms with Crippen molar-refractivity contribution < 1.29 is 39.6 Å². The second kappa shape index (κ2) is 22.4. The van der Waals surface area contributed by atoms with Gasteiger partial charge >= 0.3 is 93.4 Å². The number of hydrogen-bond acceptors (Lipinski definition) is 4. The Morgan fingerprint density at radius 1 is 0.655 bits per heavy atom. The molecule has 0 aromatic rings. The minimum absolute atomic E-state index is 0.0903. The zero-order valence-electron chi connectivity index (χ0n) is 17.7. The van der Waals surface area contributed by atoms with Gasteiger partial charge in [-0.25, -0.2) is 19.2 Å². The van der Waals surface area contributed by atoms with E-state index in [1.54, 1.807) is 22.7 Å². The number of aliphatic carboxylic acids is 4. The molecule has 0 bridgehead atoms. The molecular weight excluding hydrogens is 487 g/mol. The van der Waals surface area contributed by atoms with Crippen molar-refractivity contribution >= 4 is 45.0 Å². The summed E-state index contributed by atoms with van der Waals surface area (Å²) in [7, 11) is 0. The van der Waals surface area contributed by atoms with Gasteiger partial charge in [-0.3, -0.25) is 0 Å². The summed E-state index contributed by atoms with van der Waals surface area (Å²) in [6, 6.07) is 0. The van der Waals surface area contributed by atoms with E-state index in [0.29, 0.717) is 12.2 Å². The molecular formula is C20H34O8Sn. The summed E-state index contributed by atoms with van der Waals surface area (Å²) in [5.74, 6) is -4.80. The minimum atomic E-state index is -1.22. The standard InChI is InChI=1S/2C6H8O4.2C4H9.Sn/c2*1-2-4(6(9)10)3-5(7)8;2*1-3-4-2;/h2*3H,2H2,1H3,(H,7,8)(H,9,10);2*1,3-4H2,2H3;/b2*4-3-;;;. The average molecular weight is 521 g/mol. The third-order valence-electron chi connectivity index (χ3n) is 3.32. The molecule has 0 aliphatic heterocycles. The van der Waals surface area contributed by atoms with Crippen LogP contribution in [-0.4, -0.2) is 65.4 Å². The molecule has 0 saturated carbocycles. The van der Waals surface area contributed by atoms with Gasteiger partial charge in [0.25, 0.3) is 0 Å². The molecule has 0 aliphatic rings. The van der Waals surface area contributed by atoms with Crippen LogP contribution in [0.25, 0.3) is 0 Å². The fraction of sp³-hybridized carbons (Fsp3) is 0.600. The molecule has 0 aliphatic carbocycles. The van der Waals surface area contributed by atoms with Gasteiger partial charge in [0.15, 0.2) is 0 Å². The van der Waals surface area contributed by atoms with Gasteiger partial charge in [0.05, 0.1) is 0 Å². The predicted molar refractivity (Wildman–Crippen MR) is 112 cm³/mol. The summed E-state index contributed by atoms with van der Waals surface area (Å²) >= 11 is 0.149. The van der Waals surface area contributed by atoms with Gasteiger partial charge in [0.1, 0.15) is 0 Å². The van der Waals surface area contributed by atoms with Gasteiger partial charge in [0, 0.05) is 23.3 Å². The van der Waals surface area contributed by atoms with Crippen LogP contribution in [0.4, 0.5) is 0 Å². The number of carboxylic acid groups (broad SMARTS) is 4. The topological polar surface area (TPSA) is 149 Å². The fourth-order valence-corrected chi connectivity index (χ4v) is 5.82. The van der Waals surface area contributed by atoms with Crippen molar-refractivity contribution in [2.75, 3.05) is 0 Å². The molecule has 0 unspecified atom stereocenters. The first kappa shape index (κ1) is 31.8. The Kier molecular flexibility index (Phi) is 24.6. The molecule has 0 spiro atoms. The molecule has 0 amide bonds. The van der Waals surface area contributed by atoms with E-state index < -0.39 is 23.9 Å². The second-order valence-corrected chi connectivity index (χ2v) is 10.1. The third kappa shape index (κ3) is 26.2. The molecule has 2 radical (unpaired) electrons. The molecule has 29 heavy (non-hydrogen) atoms. The summed E-state index contributed by atoms with van der Waals surface area (Å²) in [5.41, 5.74) is -0.181. The van der Waals surface area contributed by atoms with Crippen molar-refractivity contribution in [3.05, 3.63) is 23.3 Å². The van der Waals surface area contributed by atoms with E-state index >= 15 is 0 Å². The molecule has 9 heteroatoms. The summed E-state index contributed by atoms with van der Waals surface area (Å²) in [6.45, 7) is 7.75. The van der Waals surface area contributed by atoms with Crippen molar-refractivity contribution in [1.29, 1.82) is 0 Å². The van der Waals surface area contributed by atoms with Crippen molar-refractivity contribution in [1.82, 2.24) is 0 Å². The van der Waals surface area contributed by atoms with Gasteiger partial charge in [-0.05, 0) is 12.8 Å². The quantitative estimate of drug-likeness (QED) is 0.170. The third-order valence-corrected chi connectivity index (χ3v) is 7.36. The van der Waals surface area contributed by atoms with Crippen LogP contribution in [0.15, 0.2) is 23.3 Å². The van der Waals surface area contributed by atoms with Crippen LogP contribution in [0.5, 0.6) is 0 Å². The van der Waals surface area contributed by atoms with Crippen molar-refractivity contribution in [3.63, 3.8) is 0 Å². The molecule has 0 fully saturated rings. The molecule has 8 nitrogen and oxygen atoms in total. The Balaban J connectivity index is -0.000000350. The van der Waals surface area contributed by atoms with Crippen LogP contribution in [-0.2, 0) is 19.2 Å². The Bertz CT molecular complexity index is 505. The van der Waals surface area contributed by atoms with Gasteiger partial charge in [-0.1, -0.05) is 13.8 Å². The number of carboxylic acids is 4. The van der Waals surface area contributed by atoms with Crippen LogP contribution in [0.2, 0.25) is 8.87 Å². The van der Waals surface area contributed by atoms with Gasteiger partial charge in [-0.15, -0.1) is 0 Å². The van der Waals surface area contributed by atoms with E-state index in [1.165, 1.54) is 25.7 Å². The normalized spacial score (nSPS) is 10.8. The SMILES string of the molecule is CC/C(=C/C(=O)O)C(=O)O.CC/C(=C/C(=O)O)C(=O)O.CCC[CH2][Sn][CH2]CCC. The Labute approximate surface area is 182 Å². The zero-order chi connectivity index (χ0) is 23.2. The molecule has 0 rings (SSSR count). The van der Waals surface area contributed by atoms with Crippen LogP contribution in [0.1, 0.15) is 66.2 Å². The molecule has 0 saturated heterocycles. The predicted octanol–water partition coefficient (Wildman–Crippen LogP) is 4.11. The van der Waals surface area contributed by atoms with Crippen molar-refractivity contribution in [3.8, 4) is 0 Å². The van der Waals surface area contributed by atoms with Crippen LogP contribution in [0.3, 0.4) is 0 Å². The van der Waals surface area contributed by atoms with E-state index in [2.05, 4.69) is 13.8 Å². The summed E-state index contributed by atoms with van der Waals surface area (Å²) in [4.78, 5) is 40.1. The summed E-state index contributed by atoms with van der Waals surface area (Å²) < 4.78 is 3.25. The first-order valence-electron chi connectivity index (χ1n) is 9.61. The molecule has 0 atom stereocenters. The van der Waals surface area contributed by atoms with E-state index in [1.807, 2.05) is 0 Å². The van der Waals surface area contributed by atoms with Gasteiger partial charge in [-0.2, -0.15) is 0 Å². The molecule has 4 N–H and O–H groups in total. The monoisotopic (exact) mass is 522 g/mol. The summed E-state index contributed by atoms with van der Waals surface area (Å²) in [5, 5.41) is 32.8. The fourth-order valence-electron chi connectivity index (χ4n) is 1.66. The Morgan fingerprint density at radius 3 is 1.10 bits per heavy atom. The number of carbonyl (C=O) groups is 4. The zero-order valence-corrected chi connectivity index (χ0v) is 20.6. The van der Waals surface area contributed by atoms with Crippen molar-refractivity contribution in [2.24, 2.45) is 0 Å². The maximum atomic E-state index is 10.1. The van der Waals surface area contributed by atoms with Gasteiger partial charge in [0.2, 0.25) is 0 Å².